The van der Waals surface area contributed by atoms with Crippen LogP contribution in [0.5, 0.6) is 0 Å². The molecule has 5 nitrogen and oxygen atoms in total. The Hall–Kier alpha value is -0.950. The summed E-state index contributed by atoms with van der Waals surface area (Å²) in [6.45, 7) is 1.91. The molecule has 0 aromatic heterocycles. The number of ether oxygens (including phenoxy) is 2. The molecule has 0 heterocycles. The van der Waals surface area contributed by atoms with Crippen molar-refractivity contribution in [1.29, 1.82) is 0 Å². The zero-order chi connectivity index (χ0) is 15.5. The molecule has 0 amide bonds. The van der Waals surface area contributed by atoms with Crippen molar-refractivity contribution in [3.63, 3.8) is 0 Å². The van der Waals surface area contributed by atoms with Crippen LogP contribution < -0.4 is 0 Å². The van der Waals surface area contributed by atoms with Crippen molar-refractivity contribution in [2.24, 2.45) is 0 Å². The van der Waals surface area contributed by atoms with Crippen LogP contribution in [-0.2, 0) is 23.8 Å². The third kappa shape index (κ3) is 4.26. The summed E-state index contributed by atoms with van der Waals surface area (Å²) in [5.41, 5.74) is 1.01. The number of rotatable bonds is 5. The molecule has 0 saturated heterocycles. The van der Waals surface area contributed by atoms with Crippen LogP contribution >= 0.6 is 0 Å². The van der Waals surface area contributed by atoms with E-state index >= 15 is 0 Å². The Labute approximate surface area is 126 Å². The van der Waals surface area contributed by atoms with Gasteiger partial charge >= 0.3 is 0 Å². The van der Waals surface area contributed by atoms with E-state index < -0.39 is 16.2 Å². The maximum atomic E-state index is 12.3. The van der Waals surface area contributed by atoms with E-state index in [1.54, 1.807) is 38.5 Å². The van der Waals surface area contributed by atoms with Crippen LogP contribution in [0.4, 0.5) is 0 Å². The van der Waals surface area contributed by atoms with Gasteiger partial charge in [-0.15, -0.1) is 0 Å². The molecular formula is C15H22O5S. The lowest BCUT2D eigenvalue weighted by Crippen LogP contribution is -2.37. The Kier molecular flexibility index (Phi) is 5.37. The first-order chi connectivity index (χ1) is 9.94. The molecule has 1 aromatic carbocycles. The van der Waals surface area contributed by atoms with Gasteiger partial charge in [-0.1, -0.05) is 17.7 Å². The van der Waals surface area contributed by atoms with Gasteiger partial charge in [-0.2, -0.15) is 8.42 Å². The molecule has 1 aliphatic carbocycles. The van der Waals surface area contributed by atoms with Crippen molar-refractivity contribution in [3.8, 4) is 0 Å². The molecule has 0 bridgehead atoms. The van der Waals surface area contributed by atoms with E-state index in [0.29, 0.717) is 12.8 Å². The number of aryl methyl sites for hydroxylation is 1. The summed E-state index contributed by atoms with van der Waals surface area (Å²) in [5, 5.41) is 0. The predicted octanol–water partition coefficient (Wildman–Crippen LogP) is 2.28. The van der Waals surface area contributed by atoms with Gasteiger partial charge in [0.2, 0.25) is 0 Å². The lowest BCUT2D eigenvalue weighted by atomic mass is 9.92. The van der Waals surface area contributed by atoms with Crippen LogP contribution in [0, 0.1) is 6.92 Å². The first-order valence-corrected chi connectivity index (χ1v) is 8.41. The molecule has 0 radical (unpaired) electrons. The molecule has 1 fully saturated rings. The van der Waals surface area contributed by atoms with Crippen LogP contribution in [0.3, 0.4) is 0 Å². The number of benzene rings is 1. The Morgan fingerprint density at radius 1 is 0.905 bits per heavy atom. The third-order valence-corrected chi connectivity index (χ3v) is 5.19. The fraction of sp³-hybridized carbons (Fsp3) is 0.600. The summed E-state index contributed by atoms with van der Waals surface area (Å²) in [6, 6.07) is 6.64. The molecule has 1 aliphatic rings. The lowest BCUT2D eigenvalue weighted by Gasteiger charge is -2.32. The lowest BCUT2D eigenvalue weighted by molar-refractivity contribution is -0.0484. The predicted molar refractivity (Wildman–Crippen MR) is 78.7 cm³/mol. The van der Waals surface area contributed by atoms with Crippen molar-refractivity contribution in [3.05, 3.63) is 29.8 Å². The summed E-state index contributed by atoms with van der Waals surface area (Å²) < 4.78 is 40.6. The smallest absolute Gasteiger partial charge is 0.297 e. The second-order valence-corrected chi connectivity index (χ2v) is 6.98. The van der Waals surface area contributed by atoms with Crippen molar-refractivity contribution in [2.45, 2.75) is 49.4 Å². The zero-order valence-electron chi connectivity index (χ0n) is 12.6. The van der Waals surface area contributed by atoms with Gasteiger partial charge in [-0.05, 0) is 25.5 Å². The highest BCUT2D eigenvalue weighted by atomic mass is 32.2. The summed E-state index contributed by atoms with van der Waals surface area (Å²) in [4.78, 5) is 0.182. The SMILES string of the molecule is CO[C@@H]1C[C@H](OC)C[C@H](OS(=O)(=O)c2ccc(C)cc2)C1. The van der Waals surface area contributed by atoms with E-state index in [0.717, 1.165) is 12.0 Å². The second-order valence-electron chi connectivity index (χ2n) is 5.41. The Balaban J connectivity index is 2.10. The molecule has 0 unspecified atom stereocenters. The van der Waals surface area contributed by atoms with Crippen LogP contribution in [0.25, 0.3) is 0 Å². The molecule has 2 rings (SSSR count). The number of hydrogen-bond acceptors (Lipinski definition) is 5. The molecule has 0 aliphatic heterocycles. The maximum absolute atomic E-state index is 12.3. The molecule has 6 heteroatoms. The van der Waals surface area contributed by atoms with Gasteiger partial charge in [0.25, 0.3) is 10.1 Å². The quantitative estimate of drug-likeness (QED) is 0.780. The molecule has 1 aromatic rings. The standard InChI is InChI=1S/C15H22O5S/c1-11-4-6-15(7-5-11)21(16,17)20-14-9-12(18-2)8-13(10-14)19-3/h4-7,12-14H,8-10H2,1-3H3/t12-,13+,14-. The highest BCUT2D eigenvalue weighted by Crippen LogP contribution is 2.28. The molecule has 1 saturated carbocycles. The van der Waals surface area contributed by atoms with Crippen molar-refractivity contribution in [2.75, 3.05) is 14.2 Å². The first-order valence-electron chi connectivity index (χ1n) is 7.00. The highest BCUT2D eigenvalue weighted by Gasteiger charge is 2.33. The highest BCUT2D eigenvalue weighted by molar-refractivity contribution is 7.86. The zero-order valence-corrected chi connectivity index (χ0v) is 13.4. The van der Waals surface area contributed by atoms with Crippen molar-refractivity contribution >= 4 is 10.1 Å². The van der Waals surface area contributed by atoms with Gasteiger partial charge in [-0.25, -0.2) is 0 Å². The molecule has 118 valence electrons. The minimum atomic E-state index is -3.75. The summed E-state index contributed by atoms with van der Waals surface area (Å²) in [6.07, 6.45) is 1.38. The van der Waals surface area contributed by atoms with Gasteiger partial charge < -0.3 is 9.47 Å². The Bertz CT molecular complexity index is 540. The Morgan fingerprint density at radius 3 is 1.86 bits per heavy atom. The molecule has 21 heavy (non-hydrogen) atoms. The van der Waals surface area contributed by atoms with Crippen molar-refractivity contribution < 1.29 is 22.1 Å². The molecule has 0 N–H and O–H groups in total. The largest absolute Gasteiger partial charge is 0.381 e. The van der Waals surface area contributed by atoms with E-state index in [9.17, 15) is 8.42 Å². The minimum Gasteiger partial charge on any atom is -0.381 e. The summed E-state index contributed by atoms with van der Waals surface area (Å²) >= 11 is 0. The van der Waals surface area contributed by atoms with Gasteiger partial charge in [-0.3, -0.25) is 4.18 Å². The number of hydrogen-bond donors (Lipinski definition) is 0. The topological polar surface area (TPSA) is 61.8 Å². The van der Waals surface area contributed by atoms with E-state index in [2.05, 4.69) is 0 Å². The van der Waals surface area contributed by atoms with Gasteiger partial charge in [0, 0.05) is 27.1 Å². The van der Waals surface area contributed by atoms with E-state index in [4.69, 9.17) is 13.7 Å². The fourth-order valence-electron chi connectivity index (χ4n) is 2.57. The van der Waals surface area contributed by atoms with Crippen LogP contribution in [-0.4, -0.2) is 40.9 Å². The van der Waals surface area contributed by atoms with E-state index in [1.165, 1.54) is 0 Å². The maximum Gasteiger partial charge on any atom is 0.297 e. The second kappa shape index (κ2) is 6.87. The number of methoxy groups -OCH3 is 2. The van der Waals surface area contributed by atoms with Gasteiger partial charge in [0.15, 0.2) is 0 Å². The molecule has 0 spiro atoms. The normalized spacial score (nSPS) is 26.7. The fourth-order valence-corrected chi connectivity index (χ4v) is 3.67. The van der Waals surface area contributed by atoms with Crippen LogP contribution in [0.2, 0.25) is 0 Å². The third-order valence-electron chi connectivity index (χ3n) is 3.82. The van der Waals surface area contributed by atoms with Gasteiger partial charge in [0.1, 0.15) is 0 Å². The average molecular weight is 314 g/mol. The summed E-state index contributed by atoms with van der Waals surface area (Å²) in [5.74, 6) is 0. The van der Waals surface area contributed by atoms with Crippen LogP contribution in [0.15, 0.2) is 29.2 Å². The van der Waals surface area contributed by atoms with E-state index in [1.807, 2.05) is 6.92 Å². The van der Waals surface area contributed by atoms with Crippen molar-refractivity contribution in [1.82, 2.24) is 0 Å². The van der Waals surface area contributed by atoms with Gasteiger partial charge in [0.05, 0.1) is 23.2 Å². The minimum absolute atomic E-state index is 0.0399. The monoisotopic (exact) mass is 314 g/mol. The molecule has 3 atom stereocenters. The Morgan fingerprint density at radius 2 is 1.38 bits per heavy atom. The summed E-state index contributed by atoms with van der Waals surface area (Å²) in [7, 11) is -0.512. The first kappa shape index (κ1) is 16.4. The van der Waals surface area contributed by atoms with Crippen LogP contribution in [0.1, 0.15) is 24.8 Å². The molecular weight excluding hydrogens is 292 g/mol. The average Bonchev–Trinajstić information content (AvgIpc) is 2.46. The van der Waals surface area contributed by atoms with E-state index in [-0.39, 0.29) is 17.1 Å².